The van der Waals surface area contributed by atoms with E-state index in [2.05, 4.69) is 4.90 Å². The lowest BCUT2D eigenvalue weighted by molar-refractivity contribution is -0.0372. The Balaban J connectivity index is 1.44. The quantitative estimate of drug-likeness (QED) is 0.848. The highest BCUT2D eigenvalue weighted by Gasteiger charge is 2.34. The van der Waals surface area contributed by atoms with Crippen molar-refractivity contribution in [3.05, 3.63) is 65.7 Å². The van der Waals surface area contributed by atoms with Gasteiger partial charge in [-0.05, 0) is 37.5 Å². The lowest BCUT2D eigenvalue weighted by Gasteiger charge is -2.39. The van der Waals surface area contributed by atoms with Crippen molar-refractivity contribution in [2.24, 2.45) is 0 Å². The number of piperidine rings is 1. The summed E-state index contributed by atoms with van der Waals surface area (Å²) in [7, 11) is 0. The summed E-state index contributed by atoms with van der Waals surface area (Å²) in [5.74, 6) is 0.779. The smallest absolute Gasteiger partial charge is 0.119 e. The lowest BCUT2D eigenvalue weighted by atomic mass is 9.84. The normalized spacial score (nSPS) is 18.7. The third-order valence-corrected chi connectivity index (χ3v) is 4.93. The largest absolute Gasteiger partial charge is 0.491 e. The van der Waals surface area contributed by atoms with Gasteiger partial charge in [0.2, 0.25) is 0 Å². The predicted octanol–water partition coefficient (Wildman–Crippen LogP) is 2.72. The van der Waals surface area contributed by atoms with Crippen LogP contribution in [0.25, 0.3) is 0 Å². The van der Waals surface area contributed by atoms with E-state index in [-0.39, 0.29) is 6.61 Å². The summed E-state index contributed by atoms with van der Waals surface area (Å²) in [6.07, 6.45) is 0.828. The van der Waals surface area contributed by atoms with Crippen molar-refractivity contribution in [1.82, 2.24) is 4.90 Å². The number of likely N-dealkylation sites (tertiary alicyclic amines) is 1. The van der Waals surface area contributed by atoms with Crippen LogP contribution in [0, 0.1) is 6.92 Å². The van der Waals surface area contributed by atoms with Gasteiger partial charge in [0.15, 0.2) is 0 Å². The van der Waals surface area contributed by atoms with E-state index in [1.807, 2.05) is 61.5 Å². The Labute approximate surface area is 149 Å². The van der Waals surface area contributed by atoms with Crippen LogP contribution in [0.1, 0.15) is 24.0 Å². The minimum Gasteiger partial charge on any atom is -0.491 e. The fraction of sp³-hybridized carbons (Fsp3) is 0.429. The van der Waals surface area contributed by atoms with Crippen LogP contribution >= 0.6 is 0 Å². The van der Waals surface area contributed by atoms with Crippen molar-refractivity contribution in [2.75, 3.05) is 26.2 Å². The van der Waals surface area contributed by atoms with Crippen LogP contribution in [-0.4, -0.2) is 47.5 Å². The number of benzene rings is 2. The van der Waals surface area contributed by atoms with Gasteiger partial charge in [-0.15, -0.1) is 0 Å². The first kappa shape index (κ1) is 17.9. The minimum absolute atomic E-state index is 0.280. The first-order valence-electron chi connectivity index (χ1n) is 8.93. The number of hydrogen-bond donors (Lipinski definition) is 2. The molecule has 1 heterocycles. The Morgan fingerprint density at radius 1 is 1.04 bits per heavy atom. The van der Waals surface area contributed by atoms with Crippen molar-refractivity contribution in [1.29, 1.82) is 0 Å². The maximum atomic E-state index is 10.9. The van der Waals surface area contributed by atoms with Crippen LogP contribution in [0.3, 0.4) is 0 Å². The molecule has 0 spiro atoms. The van der Waals surface area contributed by atoms with E-state index in [1.54, 1.807) is 0 Å². The van der Waals surface area contributed by atoms with Crippen LogP contribution in [-0.2, 0) is 5.60 Å². The number of ether oxygens (including phenoxy) is 1. The van der Waals surface area contributed by atoms with Gasteiger partial charge in [0.1, 0.15) is 18.5 Å². The molecule has 1 fully saturated rings. The number of nitrogens with zero attached hydrogens (tertiary/aromatic N) is 1. The molecule has 2 N–H and O–H groups in total. The predicted molar refractivity (Wildman–Crippen MR) is 98.7 cm³/mol. The van der Waals surface area contributed by atoms with Gasteiger partial charge in [0.05, 0.1) is 5.60 Å². The fourth-order valence-electron chi connectivity index (χ4n) is 3.32. The highest BCUT2D eigenvalue weighted by molar-refractivity contribution is 5.26. The van der Waals surface area contributed by atoms with E-state index in [9.17, 15) is 10.2 Å². The summed E-state index contributed by atoms with van der Waals surface area (Å²) in [4.78, 5) is 2.20. The maximum absolute atomic E-state index is 10.9. The SMILES string of the molecule is Cc1ccc(OC[C@H](O)CN2CCC(O)(c3ccccc3)CC2)cc1. The summed E-state index contributed by atoms with van der Waals surface area (Å²) in [6.45, 7) is 4.42. The molecule has 4 heteroatoms. The molecular weight excluding hydrogens is 314 g/mol. The van der Waals surface area contributed by atoms with Crippen molar-refractivity contribution in [3.8, 4) is 5.75 Å². The average molecular weight is 341 g/mol. The molecule has 1 atom stereocenters. The first-order chi connectivity index (χ1) is 12.0. The molecular formula is C21H27NO3. The highest BCUT2D eigenvalue weighted by Crippen LogP contribution is 2.32. The summed E-state index contributed by atoms with van der Waals surface area (Å²) in [5, 5.41) is 21.1. The molecule has 0 radical (unpaired) electrons. The Morgan fingerprint density at radius 2 is 1.68 bits per heavy atom. The van der Waals surface area contributed by atoms with E-state index < -0.39 is 11.7 Å². The van der Waals surface area contributed by atoms with Crippen molar-refractivity contribution >= 4 is 0 Å². The van der Waals surface area contributed by atoms with Gasteiger partial charge in [-0.3, -0.25) is 0 Å². The molecule has 0 aromatic heterocycles. The van der Waals surface area contributed by atoms with Crippen LogP contribution < -0.4 is 4.74 Å². The Morgan fingerprint density at radius 3 is 2.32 bits per heavy atom. The number of β-amino-alcohol motifs (C(OH)–C–C–N with tert-alkyl or cyclic N) is 1. The zero-order valence-corrected chi connectivity index (χ0v) is 14.8. The van der Waals surface area contributed by atoms with Gasteiger partial charge in [0, 0.05) is 19.6 Å². The molecule has 0 bridgehead atoms. The van der Waals surface area contributed by atoms with Gasteiger partial charge < -0.3 is 19.8 Å². The van der Waals surface area contributed by atoms with Crippen molar-refractivity contribution < 1.29 is 14.9 Å². The molecule has 2 aromatic rings. The molecule has 1 aliphatic heterocycles. The summed E-state index contributed by atoms with van der Waals surface area (Å²) in [5.41, 5.74) is 1.42. The third kappa shape index (κ3) is 4.82. The Kier molecular flexibility index (Phi) is 5.74. The Bertz CT molecular complexity index is 649. The second-order valence-corrected chi connectivity index (χ2v) is 6.98. The number of rotatable bonds is 6. The molecule has 1 saturated heterocycles. The van der Waals surface area contributed by atoms with E-state index in [4.69, 9.17) is 4.74 Å². The van der Waals surface area contributed by atoms with E-state index >= 15 is 0 Å². The van der Waals surface area contributed by atoms with Gasteiger partial charge in [-0.1, -0.05) is 48.0 Å². The van der Waals surface area contributed by atoms with E-state index in [0.29, 0.717) is 19.4 Å². The zero-order chi connectivity index (χ0) is 17.7. The number of aryl methyl sites for hydroxylation is 1. The fourth-order valence-corrected chi connectivity index (χ4v) is 3.32. The van der Waals surface area contributed by atoms with Gasteiger partial charge >= 0.3 is 0 Å². The second kappa shape index (κ2) is 8.00. The van der Waals surface area contributed by atoms with Gasteiger partial charge in [-0.25, -0.2) is 0 Å². The van der Waals surface area contributed by atoms with Crippen LogP contribution in [0.4, 0.5) is 0 Å². The number of aliphatic hydroxyl groups excluding tert-OH is 1. The van der Waals surface area contributed by atoms with E-state index in [1.165, 1.54) is 5.56 Å². The number of aliphatic hydroxyl groups is 2. The summed E-state index contributed by atoms with van der Waals surface area (Å²) < 4.78 is 5.65. The van der Waals surface area contributed by atoms with Crippen molar-refractivity contribution in [3.63, 3.8) is 0 Å². The molecule has 1 aliphatic rings. The van der Waals surface area contributed by atoms with Crippen LogP contribution in [0.15, 0.2) is 54.6 Å². The standard InChI is InChI=1S/C21H27NO3/c1-17-7-9-20(10-8-17)25-16-19(23)15-22-13-11-21(24,12-14-22)18-5-3-2-4-6-18/h2-10,19,23-24H,11-16H2,1H3/t19-/m1/s1. The second-order valence-electron chi connectivity index (χ2n) is 6.98. The summed E-state index contributed by atoms with van der Waals surface area (Å²) in [6, 6.07) is 17.7. The molecule has 2 aromatic carbocycles. The Hall–Kier alpha value is -1.88. The average Bonchev–Trinajstić information content (AvgIpc) is 2.64. The monoisotopic (exact) mass is 341 g/mol. The molecule has 4 nitrogen and oxygen atoms in total. The minimum atomic E-state index is -0.749. The molecule has 134 valence electrons. The third-order valence-electron chi connectivity index (χ3n) is 4.93. The van der Waals surface area contributed by atoms with Gasteiger partial charge in [0.25, 0.3) is 0 Å². The van der Waals surface area contributed by atoms with Crippen LogP contribution in [0.2, 0.25) is 0 Å². The van der Waals surface area contributed by atoms with Crippen LogP contribution in [0.5, 0.6) is 5.75 Å². The van der Waals surface area contributed by atoms with Crippen molar-refractivity contribution in [2.45, 2.75) is 31.5 Å². The topological polar surface area (TPSA) is 52.9 Å². The molecule has 0 aliphatic carbocycles. The van der Waals surface area contributed by atoms with Gasteiger partial charge in [-0.2, -0.15) is 0 Å². The molecule has 3 rings (SSSR count). The molecule has 0 saturated carbocycles. The lowest BCUT2D eigenvalue weighted by Crippen LogP contribution is -2.46. The molecule has 0 amide bonds. The number of hydrogen-bond acceptors (Lipinski definition) is 4. The van der Waals surface area contributed by atoms with E-state index in [0.717, 1.165) is 24.4 Å². The molecule has 0 unspecified atom stereocenters. The summed E-state index contributed by atoms with van der Waals surface area (Å²) >= 11 is 0. The maximum Gasteiger partial charge on any atom is 0.119 e. The highest BCUT2D eigenvalue weighted by atomic mass is 16.5. The molecule has 25 heavy (non-hydrogen) atoms. The first-order valence-corrected chi connectivity index (χ1v) is 8.93. The zero-order valence-electron chi connectivity index (χ0n) is 14.8.